The predicted molar refractivity (Wildman–Crippen MR) is 98.2 cm³/mol. The van der Waals surface area contributed by atoms with Crippen LogP contribution in [0.25, 0.3) is 0 Å². The van der Waals surface area contributed by atoms with Crippen LogP contribution in [-0.2, 0) is 18.4 Å². The second kappa shape index (κ2) is 6.53. The summed E-state index contributed by atoms with van der Waals surface area (Å²) >= 11 is 3.47. The molecule has 2 aromatic carbocycles. The van der Waals surface area contributed by atoms with Crippen molar-refractivity contribution in [2.24, 2.45) is 0 Å². The molecule has 22 heavy (non-hydrogen) atoms. The van der Waals surface area contributed by atoms with E-state index in [4.69, 9.17) is 0 Å². The van der Waals surface area contributed by atoms with E-state index in [-0.39, 0.29) is 0 Å². The first-order valence-corrected chi connectivity index (χ1v) is 9.80. The number of aliphatic hydroxyl groups is 1. The normalized spacial score (nSPS) is 20.0. The summed E-state index contributed by atoms with van der Waals surface area (Å²) < 4.78 is 1.23. The lowest BCUT2D eigenvalue weighted by Crippen LogP contribution is -2.28. The number of benzene rings is 2. The molecule has 114 valence electrons. The van der Waals surface area contributed by atoms with E-state index in [0.717, 1.165) is 17.6 Å². The minimum atomic E-state index is -0.890. The maximum absolute atomic E-state index is 11.6. The molecular formula is C19H20OS2. The van der Waals surface area contributed by atoms with E-state index in [1.165, 1.54) is 15.4 Å². The van der Waals surface area contributed by atoms with Crippen molar-refractivity contribution >= 4 is 23.5 Å². The van der Waals surface area contributed by atoms with Crippen LogP contribution in [0.4, 0.5) is 0 Å². The largest absolute Gasteiger partial charge is 0.380 e. The molecule has 0 saturated carbocycles. The SMILES string of the molecule is CSC(SC)=C1Cc2ccccc2C1(O)Cc1ccccc1. The second-order valence-electron chi connectivity index (χ2n) is 5.53. The Morgan fingerprint density at radius 3 is 2.32 bits per heavy atom. The summed E-state index contributed by atoms with van der Waals surface area (Å²) in [5, 5.41) is 11.6. The van der Waals surface area contributed by atoms with Crippen molar-refractivity contribution in [3.05, 3.63) is 81.1 Å². The lowest BCUT2D eigenvalue weighted by molar-refractivity contribution is 0.0820. The van der Waals surface area contributed by atoms with Gasteiger partial charge in [-0.05, 0) is 41.2 Å². The van der Waals surface area contributed by atoms with E-state index >= 15 is 0 Å². The molecule has 3 heteroatoms. The molecule has 0 aromatic heterocycles. The van der Waals surface area contributed by atoms with Crippen molar-refractivity contribution in [1.82, 2.24) is 0 Å². The average Bonchev–Trinajstić information content (AvgIpc) is 2.83. The van der Waals surface area contributed by atoms with Crippen LogP contribution in [0.2, 0.25) is 0 Å². The van der Waals surface area contributed by atoms with Gasteiger partial charge in [-0.25, -0.2) is 0 Å². The van der Waals surface area contributed by atoms with Gasteiger partial charge in [0.15, 0.2) is 0 Å². The molecule has 1 aliphatic carbocycles. The van der Waals surface area contributed by atoms with E-state index in [1.807, 2.05) is 24.3 Å². The van der Waals surface area contributed by atoms with Gasteiger partial charge in [0.25, 0.3) is 0 Å². The van der Waals surface area contributed by atoms with Gasteiger partial charge in [-0.1, -0.05) is 54.6 Å². The van der Waals surface area contributed by atoms with Crippen molar-refractivity contribution in [3.63, 3.8) is 0 Å². The smallest absolute Gasteiger partial charge is 0.117 e. The quantitative estimate of drug-likeness (QED) is 0.885. The van der Waals surface area contributed by atoms with Crippen LogP contribution in [0, 0.1) is 0 Å². The van der Waals surface area contributed by atoms with Gasteiger partial charge in [-0.2, -0.15) is 0 Å². The van der Waals surface area contributed by atoms with E-state index in [0.29, 0.717) is 6.42 Å². The standard InChI is InChI=1S/C19H20OS2/c1-21-18(22-2)17-12-15-10-6-7-11-16(15)19(17,20)13-14-8-4-3-5-9-14/h3-11,20H,12-13H2,1-2H3. The molecule has 2 aromatic rings. The van der Waals surface area contributed by atoms with Crippen LogP contribution in [0.5, 0.6) is 0 Å². The first-order valence-electron chi connectivity index (χ1n) is 7.35. The zero-order chi connectivity index (χ0) is 15.6. The molecule has 1 unspecified atom stereocenters. The molecule has 1 aliphatic rings. The summed E-state index contributed by atoms with van der Waals surface area (Å²) in [7, 11) is 0. The topological polar surface area (TPSA) is 20.2 Å². The van der Waals surface area contributed by atoms with Gasteiger partial charge in [0.05, 0.1) is 0 Å². The molecular weight excluding hydrogens is 308 g/mol. The van der Waals surface area contributed by atoms with E-state index < -0.39 is 5.60 Å². The monoisotopic (exact) mass is 328 g/mol. The summed E-state index contributed by atoms with van der Waals surface area (Å²) in [5.74, 6) is 0. The molecule has 0 saturated heterocycles. The minimum absolute atomic E-state index is 0.630. The highest BCUT2D eigenvalue weighted by atomic mass is 32.2. The molecule has 3 rings (SSSR count). The van der Waals surface area contributed by atoms with Crippen LogP contribution >= 0.6 is 23.5 Å². The lowest BCUT2D eigenvalue weighted by Gasteiger charge is -2.28. The number of hydrogen-bond donors (Lipinski definition) is 1. The molecule has 0 bridgehead atoms. The molecule has 1 nitrogen and oxygen atoms in total. The molecule has 1 N–H and O–H groups in total. The first kappa shape index (κ1) is 15.7. The average molecular weight is 329 g/mol. The molecule has 0 radical (unpaired) electrons. The molecule has 0 aliphatic heterocycles. The van der Waals surface area contributed by atoms with Crippen LogP contribution in [0.1, 0.15) is 16.7 Å². The second-order valence-corrected chi connectivity index (χ2v) is 7.42. The van der Waals surface area contributed by atoms with Crippen LogP contribution in [0.3, 0.4) is 0 Å². The lowest BCUT2D eigenvalue weighted by atomic mass is 9.86. The van der Waals surface area contributed by atoms with Crippen molar-refractivity contribution in [2.75, 3.05) is 12.5 Å². The van der Waals surface area contributed by atoms with Crippen molar-refractivity contribution in [2.45, 2.75) is 18.4 Å². The summed E-state index contributed by atoms with van der Waals surface area (Å²) in [5.41, 5.74) is 3.74. The molecule has 0 fully saturated rings. The Bertz CT molecular complexity index is 688. The summed E-state index contributed by atoms with van der Waals surface area (Å²) in [4.78, 5) is 0. The molecule has 1 atom stereocenters. The van der Waals surface area contributed by atoms with Gasteiger partial charge in [-0.15, -0.1) is 23.5 Å². The van der Waals surface area contributed by atoms with Gasteiger partial charge in [0, 0.05) is 10.7 Å². The van der Waals surface area contributed by atoms with Crippen molar-refractivity contribution in [3.8, 4) is 0 Å². The summed E-state index contributed by atoms with van der Waals surface area (Å²) in [6, 6.07) is 18.6. The van der Waals surface area contributed by atoms with Gasteiger partial charge < -0.3 is 5.11 Å². The van der Waals surface area contributed by atoms with Gasteiger partial charge in [0.2, 0.25) is 0 Å². The van der Waals surface area contributed by atoms with Crippen LogP contribution in [-0.4, -0.2) is 17.6 Å². The highest BCUT2D eigenvalue weighted by molar-refractivity contribution is 8.21. The summed E-state index contributed by atoms with van der Waals surface area (Å²) in [6.45, 7) is 0. The Morgan fingerprint density at radius 2 is 1.64 bits per heavy atom. The van der Waals surface area contributed by atoms with E-state index in [9.17, 15) is 5.11 Å². The van der Waals surface area contributed by atoms with Crippen LogP contribution in [0.15, 0.2) is 64.4 Å². The first-order chi connectivity index (χ1) is 10.7. The van der Waals surface area contributed by atoms with Gasteiger partial charge in [-0.3, -0.25) is 0 Å². The Hall–Kier alpha value is -1.16. The van der Waals surface area contributed by atoms with Crippen LogP contribution < -0.4 is 0 Å². The number of rotatable bonds is 4. The maximum atomic E-state index is 11.6. The van der Waals surface area contributed by atoms with Gasteiger partial charge in [0.1, 0.15) is 5.60 Å². The Balaban J connectivity index is 2.12. The highest BCUT2D eigenvalue weighted by Gasteiger charge is 2.42. The molecule has 0 spiro atoms. The van der Waals surface area contributed by atoms with Crippen molar-refractivity contribution in [1.29, 1.82) is 0 Å². The van der Waals surface area contributed by atoms with Crippen molar-refractivity contribution < 1.29 is 5.11 Å². The Kier molecular flexibility index (Phi) is 4.67. The molecule has 0 amide bonds. The fourth-order valence-corrected chi connectivity index (χ4v) is 4.88. The fraction of sp³-hybridized carbons (Fsp3) is 0.263. The minimum Gasteiger partial charge on any atom is -0.380 e. The third-order valence-corrected chi connectivity index (χ3v) is 6.48. The number of hydrogen-bond acceptors (Lipinski definition) is 3. The number of thioether (sulfide) groups is 2. The van der Waals surface area contributed by atoms with E-state index in [1.54, 1.807) is 23.5 Å². The highest BCUT2D eigenvalue weighted by Crippen LogP contribution is 2.48. The maximum Gasteiger partial charge on any atom is 0.117 e. The van der Waals surface area contributed by atoms with E-state index in [2.05, 4.69) is 42.8 Å². The third kappa shape index (κ3) is 2.73. The third-order valence-electron chi connectivity index (χ3n) is 4.25. The fourth-order valence-electron chi connectivity index (χ4n) is 3.24. The Labute approximate surface area is 140 Å². The predicted octanol–water partition coefficient (Wildman–Crippen LogP) is 4.61. The summed E-state index contributed by atoms with van der Waals surface area (Å²) in [6.07, 6.45) is 5.65. The Morgan fingerprint density at radius 1 is 1.00 bits per heavy atom. The number of fused-ring (bicyclic) bond motifs is 1. The molecule has 0 heterocycles. The zero-order valence-corrected chi connectivity index (χ0v) is 14.5. The van der Waals surface area contributed by atoms with Gasteiger partial charge >= 0.3 is 0 Å². The zero-order valence-electron chi connectivity index (χ0n) is 12.9.